The second-order valence-corrected chi connectivity index (χ2v) is 4.14. The van der Waals surface area contributed by atoms with Crippen LogP contribution in [0.1, 0.15) is 45.1 Å². The first-order chi connectivity index (χ1) is 8.27. The van der Waals surface area contributed by atoms with Gasteiger partial charge in [0, 0.05) is 0 Å². The van der Waals surface area contributed by atoms with Gasteiger partial charge in [0.1, 0.15) is 0 Å². The van der Waals surface area contributed by atoms with E-state index in [1.807, 2.05) is 31.2 Å². The number of hydrogen-bond acceptors (Lipinski definition) is 2. The van der Waals surface area contributed by atoms with E-state index in [1.165, 1.54) is 19.3 Å². The Morgan fingerprint density at radius 3 is 2.76 bits per heavy atom. The smallest absolute Gasteiger partial charge is 0.161 e. The zero-order chi connectivity index (χ0) is 12.5. The lowest BCUT2D eigenvalue weighted by atomic mass is 10.2. The van der Waals surface area contributed by atoms with E-state index in [4.69, 9.17) is 4.74 Å². The Balaban J connectivity index is 2.48. The topological polar surface area (TPSA) is 29.5 Å². The lowest BCUT2D eigenvalue weighted by Gasteiger charge is -2.08. The van der Waals surface area contributed by atoms with Crippen molar-refractivity contribution >= 4 is 6.08 Å². The Kier molecular flexibility index (Phi) is 6.23. The number of phenols is 1. The maximum atomic E-state index is 9.66. The minimum absolute atomic E-state index is 0.216. The maximum absolute atomic E-state index is 9.66. The number of hydrogen-bond donors (Lipinski definition) is 1. The molecule has 0 aromatic heterocycles. The zero-order valence-corrected chi connectivity index (χ0v) is 10.8. The van der Waals surface area contributed by atoms with Gasteiger partial charge in [-0.25, -0.2) is 0 Å². The first-order valence-electron chi connectivity index (χ1n) is 6.36. The van der Waals surface area contributed by atoms with Crippen molar-refractivity contribution in [1.82, 2.24) is 0 Å². The number of unbranched alkanes of at least 4 members (excludes halogenated alkanes) is 3. The summed E-state index contributed by atoms with van der Waals surface area (Å²) >= 11 is 0. The van der Waals surface area contributed by atoms with Crippen LogP contribution in [0.3, 0.4) is 0 Å². The third-order valence-corrected chi connectivity index (χ3v) is 2.60. The van der Waals surface area contributed by atoms with Crippen LogP contribution in [0, 0.1) is 0 Å². The van der Waals surface area contributed by atoms with Crippen molar-refractivity contribution in [2.45, 2.75) is 39.5 Å². The van der Waals surface area contributed by atoms with Crippen molar-refractivity contribution in [3.05, 3.63) is 29.8 Å². The highest BCUT2D eigenvalue weighted by molar-refractivity contribution is 5.55. The van der Waals surface area contributed by atoms with Gasteiger partial charge < -0.3 is 9.84 Å². The molecule has 0 fully saturated rings. The molecule has 2 nitrogen and oxygen atoms in total. The molecule has 0 radical (unpaired) electrons. The molecule has 0 unspecified atom stereocenters. The molecule has 1 rings (SSSR count). The second-order valence-electron chi connectivity index (χ2n) is 4.14. The van der Waals surface area contributed by atoms with E-state index in [0.717, 1.165) is 12.0 Å². The van der Waals surface area contributed by atoms with E-state index in [2.05, 4.69) is 6.92 Å². The van der Waals surface area contributed by atoms with E-state index in [9.17, 15) is 5.11 Å². The van der Waals surface area contributed by atoms with Crippen LogP contribution < -0.4 is 4.74 Å². The third kappa shape index (κ3) is 4.94. The van der Waals surface area contributed by atoms with Gasteiger partial charge in [0.2, 0.25) is 0 Å². The molecule has 94 valence electrons. The fraction of sp³-hybridized carbons (Fsp3) is 0.467. The van der Waals surface area contributed by atoms with Gasteiger partial charge in [-0.05, 0) is 31.0 Å². The summed E-state index contributed by atoms with van der Waals surface area (Å²) in [6, 6.07) is 5.42. The first-order valence-corrected chi connectivity index (χ1v) is 6.36. The Morgan fingerprint density at radius 1 is 1.24 bits per heavy atom. The molecular weight excluding hydrogens is 212 g/mol. The Bertz CT molecular complexity index is 356. The molecule has 2 heteroatoms. The van der Waals surface area contributed by atoms with Gasteiger partial charge in [-0.1, -0.05) is 44.4 Å². The van der Waals surface area contributed by atoms with Crippen LogP contribution in [0.15, 0.2) is 24.3 Å². The van der Waals surface area contributed by atoms with E-state index in [-0.39, 0.29) is 5.75 Å². The van der Waals surface area contributed by atoms with Crippen LogP contribution in [0.2, 0.25) is 0 Å². The Hall–Kier alpha value is -1.44. The third-order valence-electron chi connectivity index (χ3n) is 2.60. The predicted octanol–water partition coefficient (Wildman–Crippen LogP) is 4.38. The van der Waals surface area contributed by atoms with Crippen LogP contribution in [0.25, 0.3) is 6.08 Å². The summed E-state index contributed by atoms with van der Waals surface area (Å²) in [6.45, 7) is 4.83. The molecule has 0 atom stereocenters. The van der Waals surface area contributed by atoms with Crippen LogP contribution in [-0.4, -0.2) is 11.7 Å². The predicted molar refractivity (Wildman–Crippen MR) is 72.5 cm³/mol. The summed E-state index contributed by atoms with van der Waals surface area (Å²) in [4.78, 5) is 0. The molecule has 0 aliphatic rings. The van der Waals surface area contributed by atoms with Gasteiger partial charge in [-0.2, -0.15) is 0 Å². The molecule has 17 heavy (non-hydrogen) atoms. The van der Waals surface area contributed by atoms with Gasteiger partial charge in [0.15, 0.2) is 11.5 Å². The summed E-state index contributed by atoms with van der Waals surface area (Å²) in [5, 5.41) is 9.66. The van der Waals surface area contributed by atoms with Crippen molar-refractivity contribution in [1.29, 1.82) is 0 Å². The van der Waals surface area contributed by atoms with Crippen molar-refractivity contribution in [3.63, 3.8) is 0 Å². The van der Waals surface area contributed by atoms with Gasteiger partial charge in [0.25, 0.3) is 0 Å². The molecule has 0 heterocycles. The second kappa shape index (κ2) is 7.77. The van der Waals surface area contributed by atoms with Crippen molar-refractivity contribution in [2.24, 2.45) is 0 Å². The molecule has 1 aromatic carbocycles. The van der Waals surface area contributed by atoms with Crippen LogP contribution in [0.5, 0.6) is 11.5 Å². The number of benzene rings is 1. The summed E-state index contributed by atoms with van der Waals surface area (Å²) in [6.07, 6.45) is 8.66. The summed E-state index contributed by atoms with van der Waals surface area (Å²) in [5.41, 5.74) is 1.05. The number of phenolic OH excluding ortho intramolecular Hbond substituents is 1. The average Bonchev–Trinajstić information content (AvgIpc) is 2.33. The molecule has 0 aliphatic heterocycles. The highest BCUT2D eigenvalue weighted by Crippen LogP contribution is 2.27. The Labute approximate surface area is 104 Å². The molecule has 1 aromatic rings. The average molecular weight is 234 g/mol. The molecule has 0 saturated carbocycles. The van der Waals surface area contributed by atoms with Gasteiger partial charge >= 0.3 is 0 Å². The highest BCUT2D eigenvalue weighted by Gasteiger charge is 2.02. The quantitative estimate of drug-likeness (QED) is 0.709. The van der Waals surface area contributed by atoms with Crippen molar-refractivity contribution < 1.29 is 9.84 Å². The number of ether oxygens (including phenoxy) is 1. The number of allylic oxidation sites excluding steroid dienone is 1. The maximum Gasteiger partial charge on any atom is 0.161 e. The highest BCUT2D eigenvalue weighted by atomic mass is 16.5. The molecule has 0 bridgehead atoms. The van der Waals surface area contributed by atoms with E-state index >= 15 is 0 Å². The SMILES string of the molecule is CC=Cc1ccc(O)c(OCCCCCC)c1. The van der Waals surface area contributed by atoms with Gasteiger partial charge in [-0.15, -0.1) is 0 Å². The lowest BCUT2D eigenvalue weighted by Crippen LogP contribution is -1.97. The van der Waals surface area contributed by atoms with E-state index in [1.54, 1.807) is 6.07 Å². The standard InChI is InChI=1S/C15H22O2/c1-3-5-6-7-11-17-15-12-13(8-4-2)9-10-14(15)16/h4,8-10,12,16H,3,5-7,11H2,1-2H3. The number of rotatable bonds is 7. The molecule has 0 amide bonds. The van der Waals surface area contributed by atoms with Crippen LogP contribution in [-0.2, 0) is 0 Å². The molecule has 0 aliphatic carbocycles. The van der Waals surface area contributed by atoms with Crippen LogP contribution in [0.4, 0.5) is 0 Å². The summed E-state index contributed by atoms with van der Waals surface area (Å²) in [5.74, 6) is 0.797. The lowest BCUT2D eigenvalue weighted by molar-refractivity contribution is 0.289. The van der Waals surface area contributed by atoms with E-state index < -0.39 is 0 Å². The minimum atomic E-state index is 0.216. The van der Waals surface area contributed by atoms with Crippen molar-refractivity contribution in [2.75, 3.05) is 6.61 Å². The largest absolute Gasteiger partial charge is 0.504 e. The van der Waals surface area contributed by atoms with Crippen molar-refractivity contribution in [3.8, 4) is 11.5 Å². The summed E-state index contributed by atoms with van der Waals surface area (Å²) in [7, 11) is 0. The van der Waals surface area contributed by atoms with E-state index in [0.29, 0.717) is 12.4 Å². The zero-order valence-electron chi connectivity index (χ0n) is 10.8. The van der Waals surface area contributed by atoms with Gasteiger partial charge in [-0.3, -0.25) is 0 Å². The normalized spacial score (nSPS) is 10.9. The van der Waals surface area contributed by atoms with Gasteiger partial charge in [0.05, 0.1) is 6.61 Å². The molecule has 0 spiro atoms. The summed E-state index contributed by atoms with van der Waals surface area (Å²) < 4.78 is 5.59. The van der Waals surface area contributed by atoms with Crippen LogP contribution >= 0.6 is 0 Å². The molecule has 0 saturated heterocycles. The molecule has 1 N–H and O–H groups in total. The Morgan fingerprint density at radius 2 is 2.06 bits per heavy atom. The minimum Gasteiger partial charge on any atom is -0.504 e. The fourth-order valence-corrected chi connectivity index (χ4v) is 1.65. The number of aromatic hydroxyl groups is 1. The fourth-order valence-electron chi connectivity index (χ4n) is 1.65. The first kappa shape index (κ1) is 13.6. The molecular formula is C15H22O2. The monoisotopic (exact) mass is 234 g/mol.